The number of nitrogens with zero attached hydrogens (tertiary/aromatic N) is 1. The Labute approximate surface area is 137 Å². The van der Waals surface area contributed by atoms with Crippen molar-refractivity contribution in [3.8, 4) is 5.75 Å². The Hall–Kier alpha value is -1.55. The Bertz CT molecular complexity index is 656. The first-order valence-corrected chi connectivity index (χ1v) is 8.65. The summed E-state index contributed by atoms with van der Waals surface area (Å²) in [4.78, 5) is 5.06. The van der Waals surface area contributed by atoms with Gasteiger partial charge in [-0.25, -0.2) is 0 Å². The van der Waals surface area contributed by atoms with Crippen LogP contribution in [-0.2, 0) is 11.3 Å². The highest BCUT2D eigenvalue weighted by Crippen LogP contribution is 2.60. The van der Waals surface area contributed by atoms with Crippen LogP contribution in [0.15, 0.2) is 23.4 Å². The second-order valence-corrected chi connectivity index (χ2v) is 7.67. The predicted molar refractivity (Wildman–Crippen MR) is 88.6 cm³/mol. The molecule has 1 unspecified atom stereocenters. The van der Waals surface area contributed by atoms with Crippen molar-refractivity contribution in [2.45, 2.75) is 51.0 Å². The van der Waals surface area contributed by atoms with E-state index in [9.17, 15) is 10.2 Å². The molecule has 0 saturated heterocycles. The van der Waals surface area contributed by atoms with Crippen LogP contribution in [0.2, 0.25) is 0 Å². The fraction of sp³-hybridized carbons (Fsp3) is 0.632. The Kier molecular flexibility index (Phi) is 3.41. The van der Waals surface area contributed by atoms with E-state index in [1.807, 2.05) is 12.1 Å². The van der Waals surface area contributed by atoms with E-state index in [1.54, 1.807) is 13.2 Å². The molecule has 0 aromatic heterocycles. The molecule has 0 radical (unpaired) electrons. The third-order valence-corrected chi connectivity index (χ3v) is 6.63. The van der Waals surface area contributed by atoms with Crippen LogP contribution < -0.4 is 0 Å². The lowest BCUT2D eigenvalue weighted by atomic mass is 9.54. The summed E-state index contributed by atoms with van der Waals surface area (Å²) in [7, 11) is 1.61. The van der Waals surface area contributed by atoms with Gasteiger partial charge in [0, 0.05) is 11.3 Å². The Balaban J connectivity index is 1.74. The predicted octanol–water partition coefficient (Wildman–Crippen LogP) is 3.22. The molecule has 5 atom stereocenters. The zero-order valence-electron chi connectivity index (χ0n) is 13.8. The molecule has 1 aromatic rings. The zero-order chi connectivity index (χ0) is 16.2. The summed E-state index contributed by atoms with van der Waals surface area (Å²) >= 11 is 0. The van der Waals surface area contributed by atoms with Crippen molar-refractivity contribution in [1.29, 1.82) is 0 Å². The maximum atomic E-state index is 11.0. The van der Waals surface area contributed by atoms with Gasteiger partial charge in [0.05, 0.1) is 11.8 Å². The summed E-state index contributed by atoms with van der Waals surface area (Å²) in [6.07, 6.45) is 4.58. The molecular formula is C19H25NO3. The minimum absolute atomic E-state index is 0.0367. The summed E-state index contributed by atoms with van der Waals surface area (Å²) in [6.45, 7) is 2.26. The number of phenols is 1. The van der Waals surface area contributed by atoms with Crippen LogP contribution in [0, 0.1) is 17.3 Å². The number of phenolic OH excluding ortho intramolecular Hbond substituents is 1. The van der Waals surface area contributed by atoms with E-state index >= 15 is 0 Å². The van der Waals surface area contributed by atoms with Gasteiger partial charge in [0.2, 0.25) is 0 Å². The molecule has 0 heterocycles. The van der Waals surface area contributed by atoms with E-state index in [2.05, 4.69) is 12.1 Å². The van der Waals surface area contributed by atoms with Crippen molar-refractivity contribution < 1.29 is 15.1 Å². The van der Waals surface area contributed by atoms with E-state index in [-0.39, 0.29) is 17.4 Å². The summed E-state index contributed by atoms with van der Waals surface area (Å²) in [5.74, 6) is 1.57. The first kappa shape index (κ1) is 15.0. The van der Waals surface area contributed by atoms with Gasteiger partial charge in [0.15, 0.2) is 0 Å². The summed E-state index contributed by atoms with van der Waals surface area (Å²) in [6, 6.07) is 5.65. The largest absolute Gasteiger partial charge is 0.508 e. The van der Waals surface area contributed by atoms with Crippen molar-refractivity contribution in [2.75, 3.05) is 7.11 Å². The van der Waals surface area contributed by atoms with Gasteiger partial charge in [-0.2, -0.15) is 0 Å². The SMILES string of the molecule is CON=C1CC[C@H]2[C@@H]3CCc4cc(O)ccc4[C@H]3C(O)C[C@]12C. The third-order valence-electron chi connectivity index (χ3n) is 6.63. The van der Waals surface area contributed by atoms with E-state index in [1.165, 1.54) is 11.1 Å². The highest BCUT2D eigenvalue weighted by Gasteiger charge is 2.56. The monoisotopic (exact) mass is 315 g/mol. The van der Waals surface area contributed by atoms with Crippen molar-refractivity contribution in [1.82, 2.24) is 0 Å². The average molecular weight is 315 g/mol. The number of rotatable bonds is 1. The molecule has 0 aliphatic heterocycles. The molecule has 2 fully saturated rings. The van der Waals surface area contributed by atoms with Crippen LogP contribution in [0.5, 0.6) is 5.75 Å². The van der Waals surface area contributed by atoms with Gasteiger partial charge in [-0.1, -0.05) is 18.1 Å². The highest BCUT2D eigenvalue weighted by molar-refractivity contribution is 5.92. The molecule has 3 aliphatic rings. The Morgan fingerprint density at radius 1 is 1.26 bits per heavy atom. The summed E-state index contributed by atoms with van der Waals surface area (Å²) < 4.78 is 0. The lowest BCUT2D eigenvalue weighted by Crippen LogP contribution is -2.49. The topological polar surface area (TPSA) is 62.0 Å². The van der Waals surface area contributed by atoms with Crippen LogP contribution in [0.4, 0.5) is 0 Å². The first-order chi connectivity index (χ1) is 11.0. The van der Waals surface area contributed by atoms with Gasteiger partial charge in [0.1, 0.15) is 12.9 Å². The maximum Gasteiger partial charge on any atom is 0.115 e. The lowest BCUT2D eigenvalue weighted by molar-refractivity contribution is -0.0160. The molecule has 0 amide bonds. The number of hydrogen-bond donors (Lipinski definition) is 2. The zero-order valence-corrected chi connectivity index (χ0v) is 13.8. The molecule has 4 nitrogen and oxygen atoms in total. The number of benzene rings is 1. The number of aliphatic hydroxyl groups is 1. The molecule has 1 aromatic carbocycles. The standard InChI is InChI=1S/C19H25NO3/c1-19-10-16(22)18-13-6-4-12(21)9-11(13)3-5-14(18)15(19)7-8-17(19)20-23-2/h4,6,9,14-16,18,21-22H,3,5,7-8,10H2,1-2H3/t14-,15-,16?,18+,19-/m0/s1. The normalized spacial score (nSPS) is 40.4. The van der Waals surface area contributed by atoms with Crippen LogP contribution in [0.1, 0.15) is 49.7 Å². The molecule has 2 saturated carbocycles. The fourth-order valence-corrected chi connectivity index (χ4v) is 5.70. The smallest absolute Gasteiger partial charge is 0.115 e. The van der Waals surface area contributed by atoms with E-state index in [4.69, 9.17) is 4.84 Å². The molecule has 0 bridgehead atoms. The Morgan fingerprint density at radius 2 is 2.09 bits per heavy atom. The number of fused-ring (bicyclic) bond motifs is 5. The summed E-state index contributed by atoms with van der Waals surface area (Å²) in [5, 5.41) is 25.0. The number of hydrogen-bond acceptors (Lipinski definition) is 4. The van der Waals surface area contributed by atoms with E-state index in [0.29, 0.717) is 17.6 Å². The molecular weight excluding hydrogens is 290 g/mol. The molecule has 124 valence electrons. The van der Waals surface area contributed by atoms with Gasteiger partial charge in [-0.15, -0.1) is 0 Å². The number of aryl methyl sites for hydroxylation is 1. The quantitative estimate of drug-likeness (QED) is 0.782. The first-order valence-electron chi connectivity index (χ1n) is 8.65. The minimum Gasteiger partial charge on any atom is -0.508 e. The van der Waals surface area contributed by atoms with Crippen LogP contribution >= 0.6 is 0 Å². The number of aromatic hydroxyl groups is 1. The van der Waals surface area contributed by atoms with Crippen molar-refractivity contribution in [3.63, 3.8) is 0 Å². The van der Waals surface area contributed by atoms with Crippen LogP contribution in [0.3, 0.4) is 0 Å². The van der Waals surface area contributed by atoms with E-state index < -0.39 is 0 Å². The minimum atomic E-state index is -0.356. The molecule has 23 heavy (non-hydrogen) atoms. The van der Waals surface area contributed by atoms with Crippen LogP contribution in [0.25, 0.3) is 0 Å². The van der Waals surface area contributed by atoms with Gasteiger partial charge in [-0.3, -0.25) is 0 Å². The highest BCUT2D eigenvalue weighted by atomic mass is 16.6. The Morgan fingerprint density at radius 3 is 2.87 bits per heavy atom. The number of oxime groups is 1. The molecule has 4 rings (SSSR count). The second-order valence-electron chi connectivity index (χ2n) is 7.67. The van der Waals surface area contributed by atoms with Gasteiger partial charge < -0.3 is 15.1 Å². The van der Waals surface area contributed by atoms with Crippen molar-refractivity contribution in [3.05, 3.63) is 29.3 Å². The third kappa shape index (κ3) is 2.11. The van der Waals surface area contributed by atoms with E-state index in [0.717, 1.165) is 37.8 Å². The molecule has 0 spiro atoms. The maximum absolute atomic E-state index is 11.0. The van der Waals surface area contributed by atoms with Crippen molar-refractivity contribution >= 4 is 5.71 Å². The average Bonchev–Trinajstić information content (AvgIpc) is 2.83. The molecule has 4 heteroatoms. The van der Waals surface area contributed by atoms with Gasteiger partial charge >= 0.3 is 0 Å². The lowest BCUT2D eigenvalue weighted by Gasteiger charge is -2.51. The molecule has 2 N–H and O–H groups in total. The van der Waals surface area contributed by atoms with Gasteiger partial charge in [0.25, 0.3) is 0 Å². The fourth-order valence-electron chi connectivity index (χ4n) is 5.70. The molecule has 3 aliphatic carbocycles. The summed E-state index contributed by atoms with van der Waals surface area (Å²) in [5.41, 5.74) is 3.53. The van der Waals surface area contributed by atoms with Crippen molar-refractivity contribution in [2.24, 2.45) is 22.4 Å². The van der Waals surface area contributed by atoms with Gasteiger partial charge in [-0.05, 0) is 67.2 Å². The number of aliphatic hydroxyl groups excluding tert-OH is 1. The van der Waals surface area contributed by atoms with Crippen LogP contribution in [-0.4, -0.2) is 29.1 Å². The second kappa shape index (κ2) is 5.23.